The molecule has 0 aliphatic heterocycles. The maximum Gasteiger partial charge on any atom is -1.00 e. The number of rotatable bonds is 6. The monoisotopic (exact) mass is 708 g/mol. The van der Waals surface area contributed by atoms with E-state index in [9.17, 15) is 0 Å². The van der Waals surface area contributed by atoms with Crippen molar-refractivity contribution in [3.63, 3.8) is 0 Å². The Morgan fingerprint density at radius 3 is 1.51 bits per heavy atom. The zero-order valence-corrected chi connectivity index (χ0v) is 31.0. The third-order valence-corrected chi connectivity index (χ3v) is 19.4. The van der Waals surface area contributed by atoms with Crippen molar-refractivity contribution < 1.29 is 46.1 Å². The van der Waals surface area contributed by atoms with Gasteiger partial charge < -0.3 is 24.8 Å². The predicted molar refractivity (Wildman–Crippen MR) is 181 cm³/mol. The molecular formula is C42H44Cl2Zr. The summed E-state index contributed by atoms with van der Waals surface area (Å²) >= 11 is -2.20. The quantitative estimate of drug-likeness (QED) is 0.264. The van der Waals surface area contributed by atoms with Crippen molar-refractivity contribution in [3.8, 4) is 11.1 Å². The van der Waals surface area contributed by atoms with Crippen LogP contribution in [-0.4, -0.2) is 3.21 Å². The molecule has 0 N–H and O–H groups in total. The first-order valence-corrected chi connectivity index (χ1v) is 20.2. The maximum atomic E-state index is 2.58. The molecule has 4 aromatic carbocycles. The van der Waals surface area contributed by atoms with Gasteiger partial charge in [-0.25, -0.2) is 0 Å². The van der Waals surface area contributed by atoms with Crippen LogP contribution in [-0.2, 0) is 32.1 Å². The van der Waals surface area contributed by atoms with Crippen LogP contribution in [0, 0.1) is 0 Å². The van der Waals surface area contributed by atoms with Crippen molar-refractivity contribution in [2.45, 2.75) is 80.7 Å². The Kier molecular flexibility index (Phi) is 10.5. The minimum Gasteiger partial charge on any atom is -1.00 e. The molecule has 1 saturated carbocycles. The van der Waals surface area contributed by atoms with Crippen molar-refractivity contribution >= 4 is 3.21 Å². The number of allylic oxidation sites excluding steroid dienone is 4. The summed E-state index contributed by atoms with van der Waals surface area (Å²) in [5.41, 5.74) is 11.7. The van der Waals surface area contributed by atoms with Crippen molar-refractivity contribution in [2.24, 2.45) is 0 Å². The minimum absolute atomic E-state index is 0. The fraction of sp³-hybridized carbons (Fsp3) is 0.310. The molecule has 3 heteroatoms. The molecule has 0 spiro atoms. The van der Waals surface area contributed by atoms with E-state index < -0.39 is 21.3 Å². The molecule has 0 radical (unpaired) electrons. The van der Waals surface area contributed by atoms with Crippen molar-refractivity contribution in [1.82, 2.24) is 0 Å². The normalized spacial score (nSPS) is 15.7. The van der Waals surface area contributed by atoms with Crippen LogP contribution in [0.2, 0.25) is 0 Å². The minimum atomic E-state index is -2.20. The van der Waals surface area contributed by atoms with E-state index in [4.69, 9.17) is 0 Å². The zero-order valence-electron chi connectivity index (χ0n) is 27.0. The maximum absolute atomic E-state index is 2.58. The Labute approximate surface area is 291 Å². The van der Waals surface area contributed by atoms with Gasteiger partial charge in [0.25, 0.3) is 0 Å². The molecule has 0 aromatic heterocycles. The molecule has 0 heterocycles. The first kappa shape index (κ1) is 34.0. The molecule has 45 heavy (non-hydrogen) atoms. The molecule has 3 aliphatic carbocycles. The Balaban J connectivity index is 0.00000200. The van der Waals surface area contributed by atoms with Gasteiger partial charge in [-0.3, -0.25) is 0 Å². The largest absolute Gasteiger partial charge is 1.00 e. The van der Waals surface area contributed by atoms with Gasteiger partial charge in [-0.05, 0) is 0 Å². The Morgan fingerprint density at radius 1 is 0.578 bits per heavy atom. The van der Waals surface area contributed by atoms with Crippen LogP contribution in [0.5, 0.6) is 0 Å². The van der Waals surface area contributed by atoms with Crippen molar-refractivity contribution in [1.29, 1.82) is 0 Å². The smallest absolute Gasteiger partial charge is 1.00 e. The van der Waals surface area contributed by atoms with Crippen LogP contribution in [0.4, 0.5) is 0 Å². The van der Waals surface area contributed by atoms with E-state index in [1.54, 1.807) is 11.1 Å². The van der Waals surface area contributed by atoms with Crippen LogP contribution >= 0.6 is 0 Å². The van der Waals surface area contributed by atoms with Gasteiger partial charge in [-0.2, -0.15) is 0 Å². The van der Waals surface area contributed by atoms with Gasteiger partial charge in [-0.15, -0.1) is 0 Å². The molecule has 230 valence electrons. The van der Waals surface area contributed by atoms with Gasteiger partial charge in [0.15, 0.2) is 0 Å². The summed E-state index contributed by atoms with van der Waals surface area (Å²) in [6.45, 7) is 9.56. The van der Waals surface area contributed by atoms with Crippen LogP contribution in [0.3, 0.4) is 0 Å². The third-order valence-electron chi connectivity index (χ3n) is 10.7. The fourth-order valence-electron chi connectivity index (χ4n) is 7.89. The second-order valence-electron chi connectivity index (χ2n) is 13.9. The van der Waals surface area contributed by atoms with E-state index >= 15 is 0 Å². The van der Waals surface area contributed by atoms with E-state index in [-0.39, 0.29) is 35.6 Å². The molecule has 0 bridgehead atoms. The molecule has 0 unspecified atom stereocenters. The average molecular weight is 711 g/mol. The summed E-state index contributed by atoms with van der Waals surface area (Å²) in [5, 5.41) is 0. The predicted octanol–water partition coefficient (Wildman–Crippen LogP) is 5.01. The molecule has 4 aromatic rings. The summed E-state index contributed by atoms with van der Waals surface area (Å²) in [7, 11) is 0. The molecule has 0 atom stereocenters. The van der Waals surface area contributed by atoms with E-state index in [0.717, 1.165) is 0 Å². The average Bonchev–Trinajstić information content (AvgIpc) is 3.69. The topological polar surface area (TPSA) is 0 Å². The van der Waals surface area contributed by atoms with Gasteiger partial charge in [-0.1, -0.05) is 0 Å². The Bertz CT molecular complexity index is 1650. The fourth-order valence-corrected chi connectivity index (χ4v) is 17.4. The molecule has 0 nitrogen and oxygen atoms in total. The standard InChI is InChI=1S/C31H29.C6H10.C5H5.2ClH.Zr/c1-30(2,24-11-7-5-8-12-24)26-17-15-22-19-23-16-18-27(21-29(23)28(22)20-26)31(3,4)25-13-9-6-10-14-25;1-2-4-6-5-3-1;1-2-4-5-3-1;;;/h5-21H,1-4H3;1-5H2;1-3H,4H2;2*1H;/q;;;;;+2/p-2. The summed E-state index contributed by atoms with van der Waals surface area (Å²) in [4.78, 5) is 0. The molecule has 1 fully saturated rings. The van der Waals surface area contributed by atoms with E-state index in [2.05, 4.69) is 143 Å². The van der Waals surface area contributed by atoms with Crippen LogP contribution in [0.25, 0.3) is 11.1 Å². The van der Waals surface area contributed by atoms with Crippen molar-refractivity contribution in [2.75, 3.05) is 0 Å². The molecule has 7 rings (SSSR count). The number of benzene rings is 4. The second kappa shape index (κ2) is 13.8. The van der Waals surface area contributed by atoms with Gasteiger partial charge in [0.1, 0.15) is 0 Å². The van der Waals surface area contributed by atoms with E-state index in [1.807, 2.05) is 6.49 Å². The first-order valence-electron chi connectivity index (χ1n) is 16.3. The van der Waals surface area contributed by atoms with E-state index in [1.165, 1.54) is 71.9 Å². The molecule has 0 amide bonds. The van der Waals surface area contributed by atoms with Gasteiger partial charge >= 0.3 is 268 Å². The number of halogens is 2. The summed E-state index contributed by atoms with van der Waals surface area (Å²) < 4.78 is 4.37. The SMILES string of the molecule is CC(C)(c1ccccc1)c1ccc2c(c1)-c1cc(C(C)(C)c3ccccc3)ccc1[CH]2[Zr+2]([C]1=CC=CC1)=[C]1CCCCC1.[Cl-].[Cl-]. The van der Waals surface area contributed by atoms with Crippen LogP contribution in [0.15, 0.2) is 119 Å². The Morgan fingerprint density at radius 2 is 1.07 bits per heavy atom. The van der Waals surface area contributed by atoms with Crippen LogP contribution in [0.1, 0.15) is 103 Å². The van der Waals surface area contributed by atoms with Crippen molar-refractivity contribution in [3.05, 3.63) is 152 Å². The van der Waals surface area contributed by atoms with Gasteiger partial charge in [0, 0.05) is 0 Å². The van der Waals surface area contributed by atoms with Gasteiger partial charge in [0.2, 0.25) is 0 Å². The first-order chi connectivity index (χ1) is 20.9. The second-order valence-corrected chi connectivity index (χ2v) is 20.7. The summed E-state index contributed by atoms with van der Waals surface area (Å²) in [6.07, 6.45) is 15.4. The molecule has 3 aliphatic rings. The van der Waals surface area contributed by atoms with Crippen LogP contribution < -0.4 is 24.8 Å². The number of fused-ring (bicyclic) bond motifs is 3. The van der Waals surface area contributed by atoms with Gasteiger partial charge in [0.05, 0.1) is 0 Å². The van der Waals surface area contributed by atoms with E-state index in [0.29, 0.717) is 3.63 Å². The molecule has 0 saturated heterocycles. The number of hydrogen-bond donors (Lipinski definition) is 0. The summed E-state index contributed by atoms with van der Waals surface area (Å²) in [5.74, 6) is 0. The zero-order chi connectivity index (χ0) is 29.6. The number of hydrogen-bond acceptors (Lipinski definition) is 0. The third kappa shape index (κ3) is 6.23. The summed E-state index contributed by atoms with van der Waals surface area (Å²) in [6, 6.07) is 37.3. The molecular weight excluding hydrogens is 667 g/mol. The Hall–Kier alpha value is -2.31.